The lowest BCUT2D eigenvalue weighted by Gasteiger charge is -2.34. The largest absolute Gasteiger partial charge is 0.276 e. The van der Waals surface area contributed by atoms with Gasteiger partial charge in [0.05, 0.1) is 44.1 Å². The van der Waals surface area contributed by atoms with Crippen molar-refractivity contribution in [1.82, 2.24) is 32.9 Å². The van der Waals surface area contributed by atoms with Crippen LogP contribution in [0, 0.1) is 0 Å². The summed E-state index contributed by atoms with van der Waals surface area (Å²) in [7, 11) is -2.83. The lowest BCUT2D eigenvalue weighted by molar-refractivity contribution is 0.983. The van der Waals surface area contributed by atoms with E-state index in [4.69, 9.17) is 15.0 Å². The quantitative estimate of drug-likeness (QED) is 0.119. The van der Waals surface area contributed by atoms with E-state index < -0.39 is 8.07 Å². The van der Waals surface area contributed by atoms with Crippen molar-refractivity contribution < 1.29 is 0 Å². The van der Waals surface area contributed by atoms with Crippen LogP contribution in [0.2, 0.25) is 0 Å². The number of fused-ring (bicyclic) bond motifs is 10. The first-order chi connectivity index (χ1) is 31.3. The molecule has 13 rings (SSSR count). The van der Waals surface area contributed by atoms with E-state index in [2.05, 4.69) is 230 Å². The number of benzene rings is 8. The lowest BCUT2D eigenvalue weighted by Crippen LogP contribution is -2.74. The number of pyridine rings is 1. The van der Waals surface area contributed by atoms with E-state index in [9.17, 15) is 0 Å². The standard InChI is InChI=1S/C55H37N7Si/c1-4-20-40(21-5-1)63(41-22-6-2-7-23-41,42-24-8-3-9-25-42)43-26-18-19-38(35-43)39-36-52(61-50-33-16-14-31-48(50)59-46-29-12-10-27-44(46)56-54(59)61)58-53(37-39)62-51-34-17-15-32-49(51)60-47-30-13-11-28-45(47)57-55(60)62/h1-37H. The van der Waals surface area contributed by atoms with Gasteiger partial charge in [-0.3, -0.25) is 17.9 Å². The van der Waals surface area contributed by atoms with Crippen LogP contribution in [-0.2, 0) is 0 Å². The molecular formula is C55H37N7Si. The van der Waals surface area contributed by atoms with Crippen LogP contribution in [0.1, 0.15) is 0 Å². The molecule has 0 N–H and O–H groups in total. The summed E-state index contributed by atoms with van der Waals surface area (Å²) in [4.78, 5) is 16.2. The van der Waals surface area contributed by atoms with Crippen molar-refractivity contribution in [3.05, 3.63) is 224 Å². The van der Waals surface area contributed by atoms with Crippen molar-refractivity contribution in [1.29, 1.82) is 0 Å². The molecule has 0 spiro atoms. The molecule has 0 amide bonds. The van der Waals surface area contributed by atoms with Gasteiger partial charge in [0.15, 0.2) is 8.07 Å². The third kappa shape index (κ3) is 5.22. The second-order valence-electron chi connectivity index (χ2n) is 16.1. The van der Waals surface area contributed by atoms with E-state index in [1.54, 1.807) is 0 Å². The van der Waals surface area contributed by atoms with E-state index in [-0.39, 0.29) is 0 Å². The highest BCUT2D eigenvalue weighted by atomic mass is 28.3. The molecule has 296 valence electrons. The predicted molar refractivity (Wildman–Crippen MR) is 259 cm³/mol. The van der Waals surface area contributed by atoms with Gasteiger partial charge in [-0.2, -0.15) is 0 Å². The van der Waals surface area contributed by atoms with E-state index in [1.807, 2.05) is 12.1 Å². The average molecular weight is 824 g/mol. The minimum absolute atomic E-state index is 0.763. The van der Waals surface area contributed by atoms with E-state index in [1.165, 1.54) is 20.7 Å². The molecule has 13 aromatic rings. The van der Waals surface area contributed by atoms with Gasteiger partial charge in [0.1, 0.15) is 11.6 Å². The summed E-state index contributed by atoms with van der Waals surface area (Å²) in [5.74, 6) is 3.14. The molecule has 5 aromatic heterocycles. The van der Waals surface area contributed by atoms with Crippen LogP contribution >= 0.6 is 0 Å². The first-order valence-corrected chi connectivity index (χ1v) is 23.3. The average Bonchev–Trinajstić information content (AvgIpc) is 4.09. The summed E-state index contributed by atoms with van der Waals surface area (Å²) >= 11 is 0. The fourth-order valence-corrected chi connectivity index (χ4v) is 14.8. The molecule has 7 nitrogen and oxygen atoms in total. The molecule has 8 heteroatoms. The molecule has 63 heavy (non-hydrogen) atoms. The number of hydrogen-bond donors (Lipinski definition) is 0. The minimum atomic E-state index is -2.83. The summed E-state index contributed by atoms with van der Waals surface area (Å²) in [5, 5.41) is 5.28. The zero-order chi connectivity index (χ0) is 41.5. The van der Waals surface area contributed by atoms with Crippen molar-refractivity contribution >= 4 is 84.5 Å². The number of rotatable bonds is 7. The Hall–Kier alpha value is -8.33. The van der Waals surface area contributed by atoms with Gasteiger partial charge in [0, 0.05) is 0 Å². The van der Waals surface area contributed by atoms with Crippen molar-refractivity contribution in [2.45, 2.75) is 0 Å². The van der Waals surface area contributed by atoms with Gasteiger partial charge in [-0.1, -0.05) is 164 Å². The maximum atomic E-state index is 5.63. The summed E-state index contributed by atoms with van der Waals surface area (Å²) in [6.45, 7) is 0. The number of aromatic nitrogens is 7. The van der Waals surface area contributed by atoms with Crippen LogP contribution in [0.3, 0.4) is 0 Å². The molecular weight excluding hydrogens is 787 g/mol. The summed E-state index contributed by atoms with van der Waals surface area (Å²) in [6.07, 6.45) is 0. The van der Waals surface area contributed by atoms with Crippen LogP contribution in [0.4, 0.5) is 0 Å². The Morgan fingerprint density at radius 1 is 0.286 bits per heavy atom. The van der Waals surface area contributed by atoms with Gasteiger partial charge in [0.2, 0.25) is 11.6 Å². The molecule has 8 aromatic carbocycles. The van der Waals surface area contributed by atoms with Gasteiger partial charge in [0.25, 0.3) is 0 Å². The second-order valence-corrected chi connectivity index (χ2v) is 19.9. The van der Waals surface area contributed by atoms with Crippen LogP contribution in [0.15, 0.2) is 224 Å². The Morgan fingerprint density at radius 3 is 1.13 bits per heavy atom. The van der Waals surface area contributed by atoms with Crippen molar-refractivity contribution in [3.8, 4) is 22.8 Å². The zero-order valence-electron chi connectivity index (χ0n) is 34.0. The summed E-state index contributed by atoms with van der Waals surface area (Å²) in [5.41, 5.74) is 10.3. The third-order valence-corrected chi connectivity index (χ3v) is 17.5. The molecule has 0 bridgehead atoms. The van der Waals surface area contributed by atoms with Gasteiger partial charge in [-0.25, -0.2) is 15.0 Å². The maximum absolute atomic E-state index is 5.63. The fourth-order valence-electron chi connectivity index (χ4n) is 10.0. The highest BCUT2D eigenvalue weighted by molar-refractivity contribution is 7.19. The first-order valence-electron chi connectivity index (χ1n) is 21.3. The van der Waals surface area contributed by atoms with Gasteiger partial charge in [-0.15, -0.1) is 0 Å². The topological polar surface area (TPSA) is 57.4 Å². The molecule has 0 atom stereocenters. The van der Waals surface area contributed by atoms with E-state index in [0.29, 0.717) is 0 Å². The SMILES string of the molecule is c1ccc([Si](c2ccccc2)(c2ccccc2)c2cccc(-c3cc(-n4c5ccccc5n5c6ccccc6nc45)nc(-n4c5ccccc5n5c6ccccc6nc45)c3)c2)cc1. The van der Waals surface area contributed by atoms with Gasteiger partial charge >= 0.3 is 0 Å². The minimum Gasteiger partial charge on any atom is -0.276 e. The Kier molecular flexibility index (Phi) is 7.79. The maximum Gasteiger partial charge on any atom is 0.221 e. The molecule has 5 heterocycles. The smallest absolute Gasteiger partial charge is 0.221 e. The predicted octanol–water partition coefficient (Wildman–Crippen LogP) is 9.62. The van der Waals surface area contributed by atoms with Gasteiger partial charge in [-0.05, 0) is 92.5 Å². The molecule has 0 saturated heterocycles. The zero-order valence-corrected chi connectivity index (χ0v) is 35.0. The summed E-state index contributed by atoms with van der Waals surface area (Å²) < 4.78 is 8.94. The number of imidazole rings is 4. The number of nitrogens with zero attached hydrogens (tertiary/aromatic N) is 7. The highest BCUT2D eigenvalue weighted by Crippen LogP contribution is 2.34. The fraction of sp³-hybridized carbons (Fsp3) is 0. The molecule has 0 radical (unpaired) electrons. The van der Waals surface area contributed by atoms with Crippen LogP contribution in [0.5, 0.6) is 0 Å². The van der Waals surface area contributed by atoms with Crippen molar-refractivity contribution in [3.63, 3.8) is 0 Å². The third-order valence-electron chi connectivity index (χ3n) is 12.7. The molecule has 0 fully saturated rings. The Bertz CT molecular complexity index is 3600. The molecule has 0 aliphatic heterocycles. The van der Waals surface area contributed by atoms with Crippen LogP contribution in [-0.4, -0.2) is 41.0 Å². The molecule has 0 aliphatic carbocycles. The highest BCUT2D eigenvalue weighted by Gasteiger charge is 2.41. The van der Waals surface area contributed by atoms with Crippen LogP contribution in [0.25, 0.3) is 78.5 Å². The number of para-hydroxylation sites is 8. The van der Waals surface area contributed by atoms with Crippen molar-refractivity contribution in [2.24, 2.45) is 0 Å². The normalized spacial score (nSPS) is 12.1. The Morgan fingerprint density at radius 2 is 0.667 bits per heavy atom. The molecule has 0 unspecified atom stereocenters. The lowest BCUT2D eigenvalue weighted by atomic mass is 10.1. The van der Waals surface area contributed by atoms with Gasteiger partial charge < -0.3 is 0 Å². The monoisotopic (exact) mass is 823 g/mol. The second kappa shape index (κ2) is 13.9. The van der Waals surface area contributed by atoms with E-state index in [0.717, 1.165) is 78.5 Å². The summed E-state index contributed by atoms with van der Waals surface area (Å²) in [6, 6.07) is 80.7. The Balaban J connectivity index is 1.13. The first kappa shape index (κ1) is 35.4. The molecule has 0 aliphatic rings. The van der Waals surface area contributed by atoms with E-state index >= 15 is 0 Å². The van der Waals surface area contributed by atoms with Crippen LogP contribution < -0.4 is 20.7 Å². The Labute approximate surface area is 363 Å². The number of hydrogen-bond acceptors (Lipinski definition) is 3. The van der Waals surface area contributed by atoms with Crippen molar-refractivity contribution in [2.75, 3.05) is 0 Å². The molecule has 0 saturated carbocycles.